The van der Waals surface area contributed by atoms with Crippen LogP contribution in [0.1, 0.15) is 26.0 Å². The number of furan rings is 1. The maximum atomic E-state index is 12.8. The van der Waals surface area contributed by atoms with Crippen molar-refractivity contribution in [1.29, 1.82) is 0 Å². The van der Waals surface area contributed by atoms with Gasteiger partial charge in [0.2, 0.25) is 0 Å². The second-order valence-corrected chi connectivity index (χ2v) is 7.83. The van der Waals surface area contributed by atoms with Crippen LogP contribution in [0.25, 0.3) is 11.0 Å². The zero-order chi connectivity index (χ0) is 19.0. The van der Waals surface area contributed by atoms with Crippen molar-refractivity contribution >= 4 is 28.2 Å². The average Bonchev–Trinajstić information content (AvgIpc) is 3.31. The number of hydrogen-bond donors (Lipinski definition) is 2. The number of aryl methyl sites for hydroxylation is 2. The smallest absolute Gasteiger partial charge is 0.255 e. The second-order valence-electron chi connectivity index (χ2n) is 6.51. The zero-order valence-electron chi connectivity index (χ0n) is 15.0. The first-order chi connectivity index (χ1) is 13.0. The molecule has 8 heteroatoms. The molecule has 4 rings (SSSR count). The van der Waals surface area contributed by atoms with Crippen LogP contribution in [0.4, 0.5) is 0 Å². The van der Waals surface area contributed by atoms with E-state index in [9.17, 15) is 9.90 Å². The summed E-state index contributed by atoms with van der Waals surface area (Å²) in [6.07, 6.45) is 1.10. The van der Waals surface area contributed by atoms with Gasteiger partial charge in [-0.25, -0.2) is 4.98 Å². The van der Waals surface area contributed by atoms with Gasteiger partial charge in [-0.2, -0.15) is 0 Å². The number of aliphatic hydroxyl groups is 1. The number of fused-ring (bicyclic) bond motifs is 1. The maximum Gasteiger partial charge on any atom is 0.255 e. The number of carbonyl (C=O) groups excluding carboxylic acids is 1. The highest BCUT2D eigenvalue weighted by molar-refractivity contribution is 7.11. The van der Waals surface area contributed by atoms with Gasteiger partial charge in [0.25, 0.3) is 5.91 Å². The topological polar surface area (TPSA) is 93.8 Å². The molecule has 1 unspecified atom stereocenters. The van der Waals surface area contributed by atoms with Crippen molar-refractivity contribution in [1.82, 2.24) is 10.3 Å². The third kappa shape index (κ3) is 3.69. The van der Waals surface area contributed by atoms with Gasteiger partial charge in [0.1, 0.15) is 23.7 Å². The number of nitrogens with one attached hydrogen (secondary N) is 1. The Balaban J connectivity index is 1.56. The Hall–Kier alpha value is -2.42. The number of rotatable bonds is 5. The lowest BCUT2D eigenvalue weighted by molar-refractivity contribution is 0.0886. The first-order valence-electron chi connectivity index (χ1n) is 8.65. The summed E-state index contributed by atoms with van der Waals surface area (Å²) in [7, 11) is 0. The van der Waals surface area contributed by atoms with Gasteiger partial charge >= 0.3 is 0 Å². The molecule has 0 bridgehead atoms. The van der Waals surface area contributed by atoms with E-state index in [1.165, 1.54) is 0 Å². The molecule has 142 valence electrons. The molecular weight excluding hydrogens is 368 g/mol. The highest BCUT2D eigenvalue weighted by Crippen LogP contribution is 2.30. The molecule has 1 aromatic carbocycles. The fourth-order valence-corrected chi connectivity index (χ4v) is 3.83. The summed E-state index contributed by atoms with van der Waals surface area (Å²) in [6, 6.07) is 4.99. The largest absolute Gasteiger partial charge is 0.488 e. The van der Waals surface area contributed by atoms with Crippen LogP contribution < -0.4 is 10.1 Å². The van der Waals surface area contributed by atoms with E-state index >= 15 is 0 Å². The van der Waals surface area contributed by atoms with Gasteiger partial charge in [-0.05, 0) is 32.0 Å². The van der Waals surface area contributed by atoms with Crippen LogP contribution >= 0.6 is 11.3 Å². The quantitative estimate of drug-likeness (QED) is 0.698. The third-order valence-corrected chi connectivity index (χ3v) is 5.37. The van der Waals surface area contributed by atoms with Crippen molar-refractivity contribution in [2.45, 2.75) is 32.6 Å². The first kappa shape index (κ1) is 18.0. The number of aliphatic hydroxyl groups excluding tert-OH is 1. The molecule has 3 heterocycles. The van der Waals surface area contributed by atoms with Crippen molar-refractivity contribution in [3.8, 4) is 5.75 Å². The van der Waals surface area contributed by atoms with Crippen LogP contribution in [0, 0.1) is 13.8 Å². The number of carbonyl (C=O) groups is 1. The van der Waals surface area contributed by atoms with Crippen molar-refractivity contribution in [2.24, 2.45) is 0 Å². The minimum absolute atomic E-state index is 0.227. The molecule has 1 amide bonds. The summed E-state index contributed by atoms with van der Waals surface area (Å²) in [4.78, 5) is 18.0. The minimum Gasteiger partial charge on any atom is -0.488 e. The molecule has 1 aliphatic heterocycles. The van der Waals surface area contributed by atoms with Crippen molar-refractivity contribution in [3.05, 3.63) is 45.6 Å². The third-order valence-electron chi connectivity index (χ3n) is 4.48. The Labute approximate surface area is 159 Å². The molecule has 2 N–H and O–H groups in total. The predicted octanol–water partition coefficient (Wildman–Crippen LogP) is 2.57. The van der Waals surface area contributed by atoms with Gasteiger partial charge in [0.15, 0.2) is 0 Å². The molecule has 3 aromatic rings. The van der Waals surface area contributed by atoms with Crippen LogP contribution in [-0.4, -0.2) is 41.4 Å². The highest BCUT2D eigenvalue weighted by Gasteiger charge is 2.29. The van der Waals surface area contributed by atoms with E-state index in [4.69, 9.17) is 13.9 Å². The number of ether oxygens (including phenoxy) is 2. The van der Waals surface area contributed by atoms with Crippen LogP contribution in [-0.2, 0) is 11.3 Å². The Bertz CT molecular complexity index is 980. The maximum absolute atomic E-state index is 12.8. The number of amides is 1. The van der Waals surface area contributed by atoms with E-state index in [2.05, 4.69) is 10.3 Å². The summed E-state index contributed by atoms with van der Waals surface area (Å²) in [5.74, 6) is 0.870. The van der Waals surface area contributed by atoms with Gasteiger partial charge in [-0.1, -0.05) is 0 Å². The fraction of sp³-hybridized carbons (Fsp3) is 0.368. The van der Waals surface area contributed by atoms with E-state index in [1.54, 1.807) is 36.6 Å². The Morgan fingerprint density at radius 2 is 2.26 bits per heavy atom. The van der Waals surface area contributed by atoms with Crippen molar-refractivity contribution in [2.75, 3.05) is 13.2 Å². The molecule has 1 fully saturated rings. The lowest BCUT2D eigenvalue weighted by Crippen LogP contribution is -2.42. The number of benzene rings is 1. The molecule has 0 radical (unpaired) electrons. The normalized spacial score (nSPS) is 19.5. The first-order valence-corrected chi connectivity index (χ1v) is 9.47. The summed E-state index contributed by atoms with van der Waals surface area (Å²) in [5, 5.41) is 14.3. The summed E-state index contributed by atoms with van der Waals surface area (Å²) in [6.45, 7) is 4.64. The van der Waals surface area contributed by atoms with Gasteiger partial charge in [-0.15, -0.1) is 11.3 Å². The SMILES string of the molecule is Cc1ncc(COc2ccc3oc(C)c(C(=O)NC4COC[C@H]4O)c3c2)s1. The number of aromatic nitrogens is 1. The van der Waals surface area contributed by atoms with E-state index in [1.807, 2.05) is 13.0 Å². The van der Waals surface area contributed by atoms with Crippen molar-refractivity contribution in [3.63, 3.8) is 0 Å². The van der Waals surface area contributed by atoms with Crippen LogP contribution in [0.2, 0.25) is 0 Å². The second kappa shape index (κ2) is 7.30. The molecule has 7 nitrogen and oxygen atoms in total. The van der Waals surface area contributed by atoms with Gasteiger partial charge in [0.05, 0.1) is 40.8 Å². The minimum atomic E-state index is -0.700. The van der Waals surface area contributed by atoms with Crippen LogP contribution in [0.15, 0.2) is 28.8 Å². The summed E-state index contributed by atoms with van der Waals surface area (Å²) in [5.41, 5.74) is 1.06. The van der Waals surface area contributed by atoms with Gasteiger partial charge in [0, 0.05) is 11.6 Å². The van der Waals surface area contributed by atoms with Gasteiger partial charge in [-0.3, -0.25) is 4.79 Å². The zero-order valence-corrected chi connectivity index (χ0v) is 15.8. The number of hydrogen-bond acceptors (Lipinski definition) is 7. The number of thiazole rings is 1. The highest BCUT2D eigenvalue weighted by atomic mass is 32.1. The molecule has 1 saturated heterocycles. The predicted molar refractivity (Wildman–Crippen MR) is 100 cm³/mol. The van der Waals surface area contributed by atoms with E-state index < -0.39 is 12.1 Å². The molecule has 0 saturated carbocycles. The molecule has 1 aliphatic rings. The fourth-order valence-electron chi connectivity index (χ4n) is 3.12. The molecule has 0 aliphatic carbocycles. The number of nitrogens with zero attached hydrogens (tertiary/aromatic N) is 1. The Morgan fingerprint density at radius 1 is 1.41 bits per heavy atom. The molecule has 2 atom stereocenters. The molecule has 0 spiro atoms. The molecule has 27 heavy (non-hydrogen) atoms. The van der Waals surface area contributed by atoms with E-state index in [0.29, 0.717) is 41.3 Å². The standard InChI is InChI=1S/C19H20N2O5S/c1-10-18(19(23)21-15-8-24-9-16(15)22)14-5-12(3-4-17(14)26-10)25-7-13-6-20-11(2)27-13/h3-6,15-16,22H,7-9H2,1-2H3,(H,21,23)/t15?,16-/m1/s1. The summed E-state index contributed by atoms with van der Waals surface area (Å²) < 4.78 is 16.7. The van der Waals surface area contributed by atoms with Crippen LogP contribution in [0.3, 0.4) is 0 Å². The molecular formula is C19H20N2O5S. The van der Waals surface area contributed by atoms with E-state index in [0.717, 1.165) is 9.88 Å². The van der Waals surface area contributed by atoms with Crippen molar-refractivity contribution < 1.29 is 23.8 Å². The average molecular weight is 388 g/mol. The lowest BCUT2D eigenvalue weighted by atomic mass is 10.1. The Morgan fingerprint density at radius 3 is 2.96 bits per heavy atom. The van der Waals surface area contributed by atoms with Crippen LogP contribution in [0.5, 0.6) is 5.75 Å². The summed E-state index contributed by atoms with van der Waals surface area (Å²) >= 11 is 1.59. The van der Waals surface area contributed by atoms with Gasteiger partial charge < -0.3 is 24.3 Å². The lowest BCUT2D eigenvalue weighted by Gasteiger charge is -2.14. The molecule has 2 aromatic heterocycles. The Kier molecular flexibility index (Phi) is 4.86. The van der Waals surface area contributed by atoms with E-state index in [-0.39, 0.29) is 12.5 Å². The monoisotopic (exact) mass is 388 g/mol.